The first-order valence-electron chi connectivity index (χ1n) is 12.6. The molecule has 0 radical (unpaired) electrons. The molecule has 0 saturated carbocycles. The van der Waals surface area contributed by atoms with E-state index in [0.717, 1.165) is 53.0 Å². The van der Waals surface area contributed by atoms with Crippen LogP contribution in [-0.2, 0) is 48.3 Å². The maximum absolute atomic E-state index is 12.7. The molecule has 2 heterocycles. The van der Waals surface area contributed by atoms with Crippen LogP contribution in [0.25, 0.3) is 10.2 Å². The second-order valence-corrected chi connectivity index (χ2v) is 13.3. The van der Waals surface area contributed by atoms with Gasteiger partial charge in [-0.1, -0.05) is 17.8 Å². The number of aryl methyl sites for hydroxylation is 2. The number of sulfone groups is 1. The van der Waals surface area contributed by atoms with Gasteiger partial charge in [-0.05, 0) is 56.4 Å². The average molecular weight is 608 g/mol. The Morgan fingerprint density at radius 3 is 2.42 bits per heavy atom. The largest absolute Gasteiger partial charge is 0.465 e. The number of carbonyl (C=O) groups excluding carboxylic acids is 4. The molecule has 1 aliphatic carbocycles. The number of hydrogen-bond acceptors (Lipinski definition) is 10. The van der Waals surface area contributed by atoms with Crippen molar-refractivity contribution in [2.75, 3.05) is 31.0 Å². The zero-order valence-electron chi connectivity index (χ0n) is 22.3. The van der Waals surface area contributed by atoms with E-state index in [1.807, 2.05) is 6.92 Å². The predicted molar refractivity (Wildman–Crippen MR) is 152 cm³/mol. The fourth-order valence-electron chi connectivity index (χ4n) is 4.60. The van der Waals surface area contributed by atoms with Gasteiger partial charge in [0, 0.05) is 11.4 Å². The molecule has 1 aliphatic rings. The Balaban J connectivity index is 1.51. The van der Waals surface area contributed by atoms with Crippen LogP contribution in [0.15, 0.2) is 23.2 Å². The number of nitrogens with one attached hydrogen (secondary N) is 1. The van der Waals surface area contributed by atoms with E-state index < -0.39 is 45.1 Å². The van der Waals surface area contributed by atoms with Crippen LogP contribution in [0, 0.1) is 0 Å². The lowest BCUT2D eigenvalue weighted by Crippen LogP contribution is -2.28. The molecule has 1 N–H and O–H groups in total. The van der Waals surface area contributed by atoms with Gasteiger partial charge >= 0.3 is 11.9 Å². The number of fused-ring (bicyclic) bond motifs is 2. The molecule has 3 aromatic rings. The molecule has 2 amide bonds. The Kier molecular flexibility index (Phi) is 9.21. The summed E-state index contributed by atoms with van der Waals surface area (Å²) in [5.41, 5.74) is 2.17. The number of benzene rings is 1. The quantitative estimate of drug-likeness (QED) is 0.303. The van der Waals surface area contributed by atoms with E-state index >= 15 is 0 Å². The zero-order chi connectivity index (χ0) is 29.0. The molecule has 0 unspecified atom stereocenters. The third-order valence-corrected chi connectivity index (χ3v) is 10.0. The van der Waals surface area contributed by atoms with Crippen molar-refractivity contribution in [1.29, 1.82) is 0 Å². The van der Waals surface area contributed by atoms with Crippen LogP contribution in [0.3, 0.4) is 0 Å². The molecule has 0 bridgehead atoms. The lowest BCUT2D eigenvalue weighted by atomic mass is 10.1. The number of amides is 2. The van der Waals surface area contributed by atoms with Crippen molar-refractivity contribution < 1.29 is 37.1 Å². The van der Waals surface area contributed by atoms with Crippen molar-refractivity contribution in [3.63, 3.8) is 0 Å². The molecule has 40 heavy (non-hydrogen) atoms. The van der Waals surface area contributed by atoms with Gasteiger partial charge in [0.2, 0.25) is 5.91 Å². The van der Waals surface area contributed by atoms with Crippen molar-refractivity contribution in [2.24, 2.45) is 4.99 Å². The van der Waals surface area contributed by atoms with Crippen molar-refractivity contribution in [2.45, 2.75) is 45.6 Å². The molecule has 11 nitrogen and oxygen atoms in total. The predicted octanol–water partition coefficient (Wildman–Crippen LogP) is 3.11. The summed E-state index contributed by atoms with van der Waals surface area (Å²) in [6, 6.07) is 4.92. The van der Waals surface area contributed by atoms with Crippen molar-refractivity contribution in [3.8, 4) is 0 Å². The second-order valence-electron chi connectivity index (χ2n) is 9.15. The van der Waals surface area contributed by atoms with E-state index in [9.17, 15) is 27.6 Å². The third kappa shape index (κ3) is 6.50. The summed E-state index contributed by atoms with van der Waals surface area (Å²) in [5.74, 6) is -4.77. The standard InChI is InChI=1S/C26H29N3O8S3/c1-4-29-17-11-10-15(24(32)36-2)12-19(17)39-26(29)28-21(31)14-40(34,35)13-20(30)27-23-22(25(33)37-3)16-8-6-5-7-9-18(16)38-23/h10-12H,4-9,13-14H2,1-3H3,(H,27,30). The summed E-state index contributed by atoms with van der Waals surface area (Å²) in [6.07, 6.45) is 4.36. The van der Waals surface area contributed by atoms with E-state index in [-0.39, 0.29) is 15.4 Å². The first-order valence-corrected chi connectivity index (χ1v) is 16.0. The molecule has 2 aromatic heterocycles. The number of aromatic nitrogens is 1. The second kappa shape index (κ2) is 12.4. The molecule has 1 aromatic carbocycles. The molecule has 214 valence electrons. The van der Waals surface area contributed by atoms with Crippen LogP contribution < -0.4 is 10.1 Å². The third-order valence-electron chi connectivity index (χ3n) is 6.40. The normalized spacial score (nSPS) is 13.9. The lowest BCUT2D eigenvalue weighted by Gasteiger charge is -2.07. The molecule has 4 rings (SSSR count). The number of rotatable bonds is 8. The van der Waals surface area contributed by atoms with Crippen LogP contribution in [0.5, 0.6) is 0 Å². The van der Waals surface area contributed by atoms with Gasteiger partial charge in [0.25, 0.3) is 5.91 Å². The first kappa shape index (κ1) is 29.6. The number of carbonyl (C=O) groups is 4. The van der Waals surface area contributed by atoms with Gasteiger partial charge in [-0.3, -0.25) is 9.59 Å². The molecule has 0 fully saturated rings. The highest BCUT2D eigenvalue weighted by Crippen LogP contribution is 2.38. The summed E-state index contributed by atoms with van der Waals surface area (Å²) in [6.45, 7) is 2.30. The molecular formula is C26H29N3O8S3. The van der Waals surface area contributed by atoms with E-state index in [2.05, 4.69) is 10.3 Å². The minimum Gasteiger partial charge on any atom is -0.465 e. The number of hydrogen-bond donors (Lipinski definition) is 1. The Morgan fingerprint density at radius 1 is 1.00 bits per heavy atom. The summed E-state index contributed by atoms with van der Waals surface area (Å²) >= 11 is 2.39. The molecule has 0 atom stereocenters. The van der Waals surface area contributed by atoms with Crippen molar-refractivity contribution in [3.05, 3.63) is 44.6 Å². The highest BCUT2D eigenvalue weighted by atomic mass is 32.2. The number of ether oxygens (including phenoxy) is 2. The van der Waals surface area contributed by atoms with Gasteiger partial charge in [-0.2, -0.15) is 4.99 Å². The minimum absolute atomic E-state index is 0.260. The van der Waals surface area contributed by atoms with E-state index in [1.54, 1.807) is 22.8 Å². The monoisotopic (exact) mass is 607 g/mol. The number of thiophene rings is 1. The van der Waals surface area contributed by atoms with Gasteiger partial charge in [-0.25, -0.2) is 18.0 Å². The number of methoxy groups -OCH3 is 2. The molecule has 0 spiro atoms. The summed E-state index contributed by atoms with van der Waals surface area (Å²) < 4.78 is 37.6. The number of esters is 2. The molecule has 0 aliphatic heterocycles. The van der Waals surface area contributed by atoms with Gasteiger partial charge < -0.3 is 19.4 Å². The maximum atomic E-state index is 12.7. The smallest absolute Gasteiger partial charge is 0.341 e. The number of anilines is 1. The van der Waals surface area contributed by atoms with Gasteiger partial charge in [0.1, 0.15) is 16.5 Å². The summed E-state index contributed by atoms with van der Waals surface area (Å²) in [5, 5.41) is 2.82. The average Bonchev–Trinajstić information content (AvgIpc) is 3.32. The highest BCUT2D eigenvalue weighted by Gasteiger charge is 2.28. The summed E-state index contributed by atoms with van der Waals surface area (Å²) in [4.78, 5) is 55.0. The summed E-state index contributed by atoms with van der Waals surface area (Å²) in [7, 11) is -1.64. The van der Waals surface area contributed by atoms with Crippen LogP contribution >= 0.6 is 22.7 Å². The highest BCUT2D eigenvalue weighted by molar-refractivity contribution is 7.92. The number of nitrogens with zero attached hydrogens (tertiary/aromatic N) is 2. The van der Waals surface area contributed by atoms with Crippen molar-refractivity contribution >= 4 is 71.5 Å². The molecule has 0 saturated heterocycles. The Hall–Kier alpha value is -3.36. The topological polar surface area (TPSA) is 150 Å². The minimum atomic E-state index is -4.17. The fourth-order valence-corrected chi connectivity index (χ4v) is 8.06. The first-order chi connectivity index (χ1) is 19.1. The van der Waals surface area contributed by atoms with Gasteiger partial charge in [0.05, 0.1) is 35.6 Å². The van der Waals surface area contributed by atoms with Crippen molar-refractivity contribution in [1.82, 2.24) is 4.57 Å². The lowest BCUT2D eigenvalue weighted by molar-refractivity contribution is -0.115. The van der Waals surface area contributed by atoms with Crippen LogP contribution in [0.4, 0.5) is 5.00 Å². The Bertz CT molecular complexity index is 1660. The van der Waals surface area contributed by atoms with Crippen LogP contribution in [0.2, 0.25) is 0 Å². The Morgan fingerprint density at radius 2 is 1.73 bits per heavy atom. The van der Waals surface area contributed by atoms with E-state index in [0.29, 0.717) is 23.2 Å². The van der Waals surface area contributed by atoms with E-state index in [4.69, 9.17) is 9.47 Å². The molecule has 14 heteroatoms. The SMILES string of the molecule is CCn1c(=NC(=O)CS(=O)(=O)CC(=O)Nc2sc3c(c2C(=O)OC)CCCCC3)sc2cc(C(=O)OC)ccc21. The van der Waals surface area contributed by atoms with E-state index in [1.165, 1.54) is 25.6 Å². The van der Waals surface area contributed by atoms with Gasteiger partial charge in [-0.15, -0.1) is 11.3 Å². The molecular weight excluding hydrogens is 579 g/mol. The number of thiazole rings is 1. The zero-order valence-corrected chi connectivity index (χ0v) is 24.7. The van der Waals surface area contributed by atoms with Gasteiger partial charge in [0.15, 0.2) is 14.6 Å². The van der Waals surface area contributed by atoms with Crippen LogP contribution in [0.1, 0.15) is 57.3 Å². The fraction of sp³-hybridized carbons (Fsp3) is 0.423. The van der Waals surface area contributed by atoms with Crippen LogP contribution in [-0.4, -0.2) is 62.5 Å². The Labute approximate surface area is 238 Å². The maximum Gasteiger partial charge on any atom is 0.341 e.